The van der Waals surface area contributed by atoms with Crippen LogP contribution in [0.4, 0.5) is 35.1 Å². The van der Waals surface area contributed by atoms with Crippen molar-refractivity contribution in [3.63, 3.8) is 0 Å². The van der Waals surface area contributed by atoms with Crippen molar-refractivity contribution in [2.24, 2.45) is 11.8 Å². The standard InChI is InChI=1S/C23H28.C21H21F3.C16H9F5.C15H14O/c1-2-3-5-8-19-11-13-21(14-12-19)23-17-15-22(16-18-23)20-9-6-4-7-10-20;1-3-14-5-7-15(8-6-14)17-11-9-16(12-19(17)22)18-10-4-13(2)20(23)21(18)24;1-7-2-4-9(15(20)13(7)18)10-6-8-3-5-11(17)16(21)12(8)14(10)19;16-15(14-9-5-2-6-10-14)12-11-13-7-3-1-4-8-13/h4,6-7,9-10,13,15-19H,2-3,5,8,11-12,14H2,1H3;4,7,9-12,14H,3,5-6,8H2,1-2H3;2-5H,6H2,1H3;1-12,15-16H/b;;;12-11+. The molecule has 0 spiro atoms. The lowest BCUT2D eigenvalue weighted by Gasteiger charge is -2.22. The summed E-state index contributed by atoms with van der Waals surface area (Å²) in [7, 11) is 0. The summed E-state index contributed by atoms with van der Waals surface area (Å²) in [5.41, 5.74) is 9.19. The van der Waals surface area contributed by atoms with Gasteiger partial charge < -0.3 is 5.11 Å². The Morgan fingerprint density at radius 2 is 1.05 bits per heavy atom. The molecule has 0 aliphatic heterocycles. The van der Waals surface area contributed by atoms with Gasteiger partial charge in [0, 0.05) is 28.7 Å². The summed E-state index contributed by atoms with van der Waals surface area (Å²) in [5, 5.41) is 9.90. The van der Waals surface area contributed by atoms with Gasteiger partial charge in [-0.1, -0.05) is 228 Å². The average molecular weight is 1140 g/mol. The van der Waals surface area contributed by atoms with Crippen LogP contribution in [0, 0.1) is 66.4 Å². The van der Waals surface area contributed by atoms with E-state index in [2.05, 4.69) is 80.6 Å². The smallest absolute Gasteiger partial charge is 0.169 e. The van der Waals surface area contributed by atoms with Gasteiger partial charge in [0.15, 0.2) is 34.9 Å². The van der Waals surface area contributed by atoms with Crippen LogP contribution in [0.15, 0.2) is 188 Å². The molecule has 0 saturated heterocycles. The van der Waals surface area contributed by atoms with Gasteiger partial charge in [-0.3, -0.25) is 0 Å². The molecule has 0 bridgehead atoms. The zero-order valence-corrected chi connectivity index (χ0v) is 48.2. The minimum atomic E-state index is -1.31. The molecule has 0 aromatic heterocycles. The molecule has 8 aromatic carbocycles. The first kappa shape index (κ1) is 62.2. The first-order chi connectivity index (χ1) is 40.6. The van der Waals surface area contributed by atoms with E-state index < -0.39 is 52.4 Å². The molecule has 1 nitrogen and oxygen atoms in total. The maximum atomic E-state index is 14.6. The fraction of sp³-hybridized carbons (Fsp3) is 0.253. The molecule has 434 valence electrons. The van der Waals surface area contributed by atoms with Crippen LogP contribution < -0.4 is 0 Å². The number of allylic oxidation sites excluding steroid dienone is 5. The molecule has 3 atom stereocenters. The molecule has 3 unspecified atom stereocenters. The van der Waals surface area contributed by atoms with E-state index in [4.69, 9.17) is 0 Å². The van der Waals surface area contributed by atoms with Crippen LogP contribution in [0.25, 0.3) is 50.9 Å². The second-order valence-electron chi connectivity index (χ2n) is 21.9. The van der Waals surface area contributed by atoms with Crippen molar-refractivity contribution < 1.29 is 40.2 Å². The molecule has 3 aliphatic rings. The predicted molar refractivity (Wildman–Crippen MR) is 329 cm³/mol. The van der Waals surface area contributed by atoms with E-state index in [9.17, 15) is 40.2 Å². The molecule has 0 radical (unpaired) electrons. The summed E-state index contributed by atoms with van der Waals surface area (Å²) in [5.74, 6) is -6.38. The summed E-state index contributed by atoms with van der Waals surface area (Å²) in [6, 6.07) is 51.7. The van der Waals surface area contributed by atoms with Crippen molar-refractivity contribution in [1.82, 2.24) is 0 Å². The normalized spacial score (nSPS) is 15.8. The Balaban J connectivity index is 0.000000147. The second kappa shape index (κ2) is 30.1. The van der Waals surface area contributed by atoms with Crippen molar-refractivity contribution in [2.45, 2.75) is 111 Å². The van der Waals surface area contributed by atoms with E-state index in [0.29, 0.717) is 17.0 Å². The molecular formula is C75H72F8O. The molecule has 84 heavy (non-hydrogen) atoms. The number of rotatable bonds is 13. The number of hydrogen-bond acceptors (Lipinski definition) is 1. The van der Waals surface area contributed by atoms with E-state index in [1.807, 2.05) is 66.7 Å². The van der Waals surface area contributed by atoms with Crippen molar-refractivity contribution >= 4 is 28.6 Å². The van der Waals surface area contributed by atoms with E-state index in [1.54, 1.807) is 23.8 Å². The minimum Gasteiger partial charge on any atom is -0.384 e. The number of benzene rings is 8. The fourth-order valence-electron chi connectivity index (χ4n) is 10.9. The van der Waals surface area contributed by atoms with Gasteiger partial charge in [-0.05, 0) is 138 Å². The van der Waals surface area contributed by atoms with Crippen molar-refractivity contribution in [2.75, 3.05) is 0 Å². The van der Waals surface area contributed by atoms with Gasteiger partial charge in [0.05, 0.1) is 11.7 Å². The van der Waals surface area contributed by atoms with Gasteiger partial charge in [-0.25, -0.2) is 35.1 Å². The number of aliphatic hydroxyl groups excluding tert-OH is 1. The Kier molecular flexibility index (Phi) is 22.3. The second-order valence-corrected chi connectivity index (χ2v) is 21.9. The van der Waals surface area contributed by atoms with Crippen LogP contribution in [-0.4, -0.2) is 5.11 Å². The lowest BCUT2D eigenvalue weighted by atomic mass is 9.83. The van der Waals surface area contributed by atoms with Gasteiger partial charge in [-0.15, -0.1) is 0 Å². The highest BCUT2D eigenvalue weighted by molar-refractivity contribution is 5.94. The van der Waals surface area contributed by atoms with E-state index >= 15 is 0 Å². The summed E-state index contributed by atoms with van der Waals surface area (Å²) < 4.78 is 111. The summed E-state index contributed by atoms with van der Waals surface area (Å²) in [6.45, 7) is 7.35. The molecule has 0 heterocycles. The maximum Gasteiger partial charge on any atom is 0.169 e. The molecule has 8 aromatic rings. The zero-order chi connectivity index (χ0) is 59.7. The van der Waals surface area contributed by atoms with Crippen LogP contribution in [0.2, 0.25) is 0 Å². The maximum absolute atomic E-state index is 14.6. The lowest BCUT2D eigenvalue weighted by molar-refractivity contribution is 0.229. The Labute approximate surface area is 490 Å². The SMILES string of the molecule is CCC1CC=C(c2ccc(-c3ccc(C)c(F)c3F)cc2F)CC1.CCCCCC1CC=C(c2ccc(-c3ccccc3)cc2)CC1.Cc1ccc(C2=C(F)c3c(ccc(F)c3F)C2)c(F)c1F.OC(/C=C/c1ccccc1)c1ccccc1. The van der Waals surface area contributed by atoms with E-state index in [0.717, 1.165) is 54.4 Å². The first-order valence-corrected chi connectivity index (χ1v) is 29.2. The van der Waals surface area contributed by atoms with Gasteiger partial charge >= 0.3 is 0 Å². The fourth-order valence-corrected chi connectivity index (χ4v) is 10.9. The molecule has 0 amide bonds. The third kappa shape index (κ3) is 15.9. The van der Waals surface area contributed by atoms with Crippen LogP contribution >= 0.6 is 0 Å². The van der Waals surface area contributed by atoms with Crippen LogP contribution in [0.3, 0.4) is 0 Å². The monoisotopic (exact) mass is 1140 g/mol. The molecule has 0 saturated carbocycles. The molecular weight excluding hydrogens is 1070 g/mol. The van der Waals surface area contributed by atoms with E-state index in [1.165, 1.54) is 112 Å². The zero-order valence-electron chi connectivity index (χ0n) is 48.2. The quantitative estimate of drug-likeness (QED) is 0.0901. The minimum absolute atomic E-state index is 0.0880. The van der Waals surface area contributed by atoms with Gasteiger partial charge in [0.2, 0.25) is 0 Å². The number of aryl methyl sites for hydroxylation is 2. The largest absolute Gasteiger partial charge is 0.384 e. The Bertz CT molecular complexity index is 3600. The number of fused-ring (bicyclic) bond motifs is 1. The lowest BCUT2D eigenvalue weighted by Crippen LogP contribution is -2.05. The number of aliphatic hydroxyl groups is 1. The van der Waals surface area contributed by atoms with Gasteiger partial charge in [0.1, 0.15) is 11.6 Å². The Hall–Kier alpha value is -7.88. The van der Waals surface area contributed by atoms with Crippen molar-refractivity contribution in [3.8, 4) is 22.3 Å². The van der Waals surface area contributed by atoms with Crippen molar-refractivity contribution in [1.29, 1.82) is 0 Å². The van der Waals surface area contributed by atoms with Crippen molar-refractivity contribution in [3.05, 3.63) is 279 Å². The summed E-state index contributed by atoms with van der Waals surface area (Å²) in [6.07, 6.45) is 21.2. The first-order valence-electron chi connectivity index (χ1n) is 29.2. The van der Waals surface area contributed by atoms with Gasteiger partial charge in [-0.2, -0.15) is 0 Å². The third-order valence-corrected chi connectivity index (χ3v) is 16.1. The highest BCUT2D eigenvalue weighted by Gasteiger charge is 2.30. The molecule has 1 N–H and O–H groups in total. The summed E-state index contributed by atoms with van der Waals surface area (Å²) >= 11 is 0. The van der Waals surface area contributed by atoms with Gasteiger partial charge in [0.25, 0.3) is 0 Å². The van der Waals surface area contributed by atoms with E-state index in [-0.39, 0.29) is 45.6 Å². The van der Waals surface area contributed by atoms with Crippen LogP contribution in [-0.2, 0) is 6.42 Å². The summed E-state index contributed by atoms with van der Waals surface area (Å²) in [4.78, 5) is 0. The Morgan fingerprint density at radius 3 is 1.65 bits per heavy atom. The number of halogens is 8. The Morgan fingerprint density at radius 1 is 0.500 bits per heavy atom. The molecule has 3 aliphatic carbocycles. The number of hydrogen-bond donors (Lipinski definition) is 1. The van der Waals surface area contributed by atoms with Crippen LogP contribution in [0.5, 0.6) is 0 Å². The molecule has 11 rings (SSSR count). The molecule has 9 heteroatoms. The topological polar surface area (TPSA) is 20.2 Å². The molecule has 0 fully saturated rings. The predicted octanol–water partition coefficient (Wildman–Crippen LogP) is 22.2. The highest BCUT2D eigenvalue weighted by Crippen LogP contribution is 2.43. The number of unbranched alkanes of at least 4 members (excludes halogenated alkanes) is 2. The van der Waals surface area contributed by atoms with Crippen LogP contribution in [0.1, 0.15) is 141 Å². The highest BCUT2D eigenvalue weighted by atomic mass is 19.2. The average Bonchev–Trinajstić information content (AvgIpc) is 3.97. The third-order valence-electron chi connectivity index (χ3n) is 16.1.